The summed E-state index contributed by atoms with van der Waals surface area (Å²) in [5.41, 5.74) is 5.30. The molecule has 0 saturated carbocycles. The molecule has 1 heterocycles. The Morgan fingerprint density at radius 1 is 1.67 bits per heavy atom. The fourth-order valence-electron chi connectivity index (χ4n) is 0.778. The molecule has 0 spiro atoms. The van der Waals surface area contributed by atoms with Crippen molar-refractivity contribution in [1.82, 2.24) is 4.98 Å². The summed E-state index contributed by atoms with van der Waals surface area (Å²) in [6.07, 6.45) is 2.57. The third-order valence-corrected chi connectivity index (χ3v) is 3.65. The maximum Gasteiger partial charge on any atom is 0.105 e. The van der Waals surface area contributed by atoms with Crippen LogP contribution in [0.25, 0.3) is 0 Å². The van der Waals surface area contributed by atoms with Gasteiger partial charge in [0, 0.05) is 28.1 Å². The number of hydrogen-bond acceptors (Lipinski definition) is 4. The van der Waals surface area contributed by atoms with Gasteiger partial charge in [0.25, 0.3) is 0 Å². The van der Waals surface area contributed by atoms with Crippen LogP contribution in [0.3, 0.4) is 0 Å². The molecule has 1 aromatic heterocycles. The second kappa shape index (κ2) is 5.40. The van der Waals surface area contributed by atoms with E-state index in [0.717, 1.165) is 11.4 Å². The Morgan fingerprint density at radius 3 is 3.08 bits per heavy atom. The topological polar surface area (TPSA) is 56.0 Å². The van der Waals surface area contributed by atoms with Crippen LogP contribution in [0.15, 0.2) is 11.6 Å². The molecule has 0 aliphatic heterocycles. The highest BCUT2D eigenvalue weighted by Crippen LogP contribution is 2.07. The third-order valence-electron chi connectivity index (χ3n) is 1.34. The van der Waals surface area contributed by atoms with Gasteiger partial charge in [-0.05, 0) is 13.0 Å². The van der Waals surface area contributed by atoms with Crippen LogP contribution in [0.5, 0.6) is 0 Å². The maximum absolute atomic E-state index is 11.3. The lowest BCUT2D eigenvalue weighted by atomic mass is 10.5. The molecule has 12 heavy (non-hydrogen) atoms. The average molecular weight is 204 g/mol. The van der Waals surface area contributed by atoms with Gasteiger partial charge in [0.1, 0.15) is 5.01 Å². The first-order valence-corrected chi connectivity index (χ1v) is 6.13. The molecule has 0 aliphatic carbocycles. The molecule has 1 rings (SSSR count). The first-order valence-electron chi connectivity index (χ1n) is 3.76. The Kier molecular flexibility index (Phi) is 4.42. The van der Waals surface area contributed by atoms with Gasteiger partial charge in [-0.25, -0.2) is 4.98 Å². The Balaban J connectivity index is 2.27. The summed E-state index contributed by atoms with van der Waals surface area (Å²) in [5.74, 6) is 1.27. The van der Waals surface area contributed by atoms with Crippen LogP contribution in [-0.2, 0) is 16.6 Å². The number of hydrogen-bond donors (Lipinski definition) is 1. The molecule has 0 saturated heterocycles. The van der Waals surface area contributed by atoms with Crippen LogP contribution in [0.4, 0.5) is 0 Å². The minimum atomic E-state index is -0.781. The van der Waals surface area contributed by atoms with Gasteiger partial charge in [-0.3, -0.25) is 4.21 Å². The smallest absolute Gasteiger partial charge is 0.105 e. The summed E-state index contributed by atoms with van der Waals surface area (Å²) in [7, 11) is -0.781. The fraction of sp³-hybridized carbons (Fsp3) is 0.571. The van der Waals surface area contributed by atoms with Crippen molar-refractivity contribution < 1.29 is 4.21 Å². The van der Waals surface area contributed by atoms with Crippen LogP contribution in [0.2, 0.25) is 0 Å². The average Bonchev–Trinajstić information content (AvgIpc) is 2.53. The Labute approximate surface area is 78.5 Å². The normalized spacial score (nSPS) is 13.1. The standard InChI is InChI=1S/C7H12N2OS2/c8-2-1-5-12(10)6-7-9-3-4-11-7/h3-4H,1-2,5-6,8H2. The maximum atomic E-state index is 11.3. The molecule has 0 amide bonds. The summed E-state index contributed by atoms with van der Waals surface area (Å²) in [5, 5.41) is 2.85. The van der Waals surface area contributed by atoms with E-state index in [4.69, 9.17) is 5.73 Å². The Bertz CT molecular complexity index is 236. The molecular formula is C7H12N2OS2. The first kappa shape index (κ1) is 9.83. The van der Waals surface area contributed by atoms with Crippen LogP contribution in [0, 0.1) is 0 Å². The van der Waals surface area contributed by atoms with E-state index in [1.807, 2.05) is 5.38 Å². The van der Waals surface area contributed by atoms with E-state index in [1.165, 1.54) is 0 Å². The van der Waals surface area contributed by atoms with Gasteiger partial charge in [0.05, 0.1) is 5.75 Å². The van der Waals surface area contributed by atoms with Crippen LogP contribution in [0.1, 0.15) is 11.4 Å². The molecular weight excluding hydrogens is 192 g/mol. The van der Waals surface area contributed by atoms with Crippen molar-refractivity contribution >= 4 is 22.1 Å². The zero-order valence-corrected chi connectivity index (χ0v) is 8.37. The van der Waals surface area contributed by atoms with Gasteiger partial charge >= 0.3 is 0 Å². The Morgan fingerprint density at radius 2 is 2.50 bits per heavy atom. The van der Waals surface area contributed by atoms with E-state index < -0.39 is 10.8 Å². The van der Waals surface area contributed by atoms with Crippen LogP contribution in [-0.4, -0.2) is 21.5 Å². The second-order valence-electron chi connectivity index (χ2n) is 2.36. The van der Waals surface area contributed by atoms with Gasteiger partial charge < -0.3 is 5.73 Å². The van der Waals surface area contributed by atoms with E-state index in [2.05, 4.69) is 4.98 Å². The Hall–Kier alpha value is -0.260. The van der Waals surface area contributed by atoms with Crippen molar-refractivity contribution in [2.24, 2.45) is 5.73 Å². The minimum absolute atomic E-state index is 0.581. The molecule has 5 heteroatoms. The molecule has 3 nitrogen and oxygen atoms in total. The highest BCUT2D eigenvalue weighted by atomic mass is 32.2. The minimum Gasteiger partial charge on any atom is -0.330 e. The quantitative estimate of drug-likeness (QED) is 0.769. The number of thiazole rings is 1. The highest BCUT2D eigenvalue weighted by Gasteiger charge is 2.02. The largest absolute Gasteiger partial charge is 0.330 e. The summed E-state index contributed by atoms with van der Waals surface area (Å²) in [6.45, 7) is 0.615. The second-order valence-corrected chi connectivity index (χ2v) is 4.91. The van der Waals surface area contributed by atoms with Crippen LogP contribution < -0.4 is 5.73 Å². The van der Waals surface area contributed by atoms with Crippen molar-refractivity contribution in [1.29, 1.82) is 0 Å². The van der Waals surface area contributed by atoms with Gasteiger partial charge in [0.15, 0.2) is 0 Å². The summed E-state index contributed by atoms with van der Waals surface area (Å²) < 4.78 is 11.3. The SMILES string of the molecule is NCCCS(=O)Cc1nccs1. The molecule has 0 aliphatic rings. The van der Waals surface area contributed by atoms with E-state index in [0.29, 0.717) is 18.1 Å². The molecule has 0 radical (unpaired) electrons. The predicted molar refractivity (Wildman–Crippen MR) is 52.5 cm³/mol. The van der Waals surface area contributed by atoms with E-state index in [1.54, 1.807) is 17.5 Å². The first-order chi connectivity index (χ1) is 5.83. The van der Waals surface area contributed by atoms with Crippen molar-refractivity contribution in [3.05, 3.63) is 16.6 Å². The van der Waals surface area contributed by atoms with Gasteiger partial charge in [-0.15, -0.1) is 11.3 Å². The molecule has 1 aromatic rings. The molecule has 68 valence electrons. The van der Waals surface area contributed by atoms with Gasteiger partial charge in [0.2, 0.25) is 0 Å². The van der Waals surface area contributed by atoms with Crippen molar-refractivity contribution in [3.63, 3.8) is 0 Å². The molecule has 0 aromatic carbocycles. The number of nitrogens with zero attached hydrogens (tertiary/aromatic N) is 1. The van der Waals surface area contributed by atoms with Crippen LogP contribution >= 0.6 is 11.3 Å². The van der Waals surface area contributed by atoms with E-state index >= 15 is 0 Å². The summed E-state index contributed by atoms with van der Waals surface area (Å²) in [4.78, 5) is 4.06. The predicted octanol–water partition coefficient (Wildman–Crippen LogP) is 0.741. The zero-order chi connectivity index (χ0) is 8.81. The van der Waals surface area contributed by atoms with E-state index in [9.17, 15) is 4.21 Å². The number of aromatic nitrogens is 1. The fourth-order valence-corrected chi connectivity index (χ4v) is 2.83. The summed E-state index contributed by atoms with van der Waals surface area (Å²) >= 11 is 1.55. The van der Waals surface area contributed by atoms with Crippen molar-refractivity contribution in [2.45, 2.75) is 12.2 Å². The molecule has 1 atom stereocenters. The lowest BCUT2D eigenvalue weighted by molar-refractivity contribution is 0.680. The number of nitrogens with two attached hydrogens (primary N) is 1. The monoisotopic (exact) mass is 204 g/mol. The van der Waals surface area contributed by atoms with Gasteiger partial charge in [-0.1, -0.05) is 0 Å². The third kappa shape index (κ3) is 3.42. The van der Waals surface area contributed by atoms with Gasteiger partial charge in [-0.2, -0.15) is 0 Å². The zero-order valence-electron chi connectivity index (χ0n) is 6.73. The van der Waals surface area contributed by atoms with Crippen molar-refractivity contribution in [2.75, 3.05) is 12.3 Å². The van der Waals surface area contributed by atoms with Crippen molar-refractivity contribution in [3.8, 4) is 0 Å². The lowest BCUT2D eigenvalue weighted by Crippen LogP contribution is -2.07. The molecule has 1 unspecified atom stereocenters. The molecule has 2 N–H and O–H groups in total. The molecule has 0 bridgehead atoms. The highest BCUT2D eigenvalue weighted by molar-refractivity contribution is 7.84. The summed E-state index contributed by atoms with van der Waals surface area (Å²) in [6, 6.07) is 0. The lowest BCUT2D eigenvalue weighted by Gasteiger charge is -1.96. The molecule has 0 fully saturated rings. The number of rotatable bonds is 5. The van der Waals surface area contributed by atoms with E-state index in [-0.39, 0.29) is 0 Å².